The van der Waals surface area contributed by atoms with E-state index < -0.39 is 12.8 Å². The van der Waals surface area contributed by atoms with Crippen molar-refractivity contribution in [1.29, 1.82) is 0 Å². The van der Waals surface area contributed by atoms with Crippen LogP contribution in [-0.2, 0) is 9.47 Å². The summed E-state index contributed by atoms with van der Waals surface area (Å²) in [6.45, 7) is 4.08. The first-order chi connectivity index (χ1) is 7.90. The Kier molecular flexibility index (Phi) is 8.55. The number of nitrogens with one attached hydrogen (secondary N) is 1. The van der Waals surface area contributed by atoms with Crippen LogP contribution < -0.4 is 5.32 Å². The highest BCUT2D eigenvalue weighted by atomic mass is 19.4. The average Bonchev–Trinajstić information content (AvgIpc) is 2.23. The van der Waals surface area contributed by atoms with E-state index in [1.807, 2.05) is 13.8 Å². The number of rotatable bonds is 9. The Bertz CT molecular complexity index is 188. The number of ether oxygens (including phenoxy) is 2. The average molecular weight is 257 g/mol. The molecule has 0 aliphatic carbocycles. The summed E-state index contributed by atoms with van der Waals surface area (Å²) >= 11 is 0. The van der Waals surface area contributed by atoms with Crippen LogP contribution in [0.2, 0.25) is 0 Å². The maximum atomic E-state index is 11.9. The molecular formula is C11H22F3NO2. The molecule has 0 saturated carbocycles. The van der Waals surface area contributed by atoms with E-state index in [2.05, 4.69) is 10.1 Å². The summed E-state index contributed by atoms with van der Waals surface area (Å²) < 4.78 is 45.4. The van der Waals surface area contributed by atoms with E-state index in [-0.39, 0.29) is 18.6 Å². The van der Waals surface area contributed by atoms with E-state index in [0.717, 1.165) is 6.42 Å². The molecule has 0 saturated heterocycles. The van der Waals surface area contributed by atoms with Crippen LogP contribution in [0.4, 0.5) is 13.2 Å². The fourth-order valence-corrected chi connectivity index (χ4v) is 1.49. The smallest absolute Gasteiger partial charge is 0.385 e. The largest absolute Gasteiger partial charge is 0.411 e. The second-order valence-electron chi connectivity index (χ2n) is 4.05. The van der Waals surface area contributed by atoms with Gasteiger partial charge in [0.05, 0.1) is 6.61 Å². The van der Waals surface area contributed by atoms with Crippen LogP contribution in [0, 0.1) is 5.92 Å². The summed E-state index contributed by atoms with van der Waals surface area (Å²) in [6, 6.07) is -0.0718. The third kappa shape index (κ3) is 9.38. The maximum absolute atomic E-state index is 11.9. The van der Waals surface area contributed by atoms with Gasteiger partial charge in [-0.3, -0.25) is 0 Å². The molecule has 0 aliphatic heterocycles. The predicted octanol–water partition coefficient (Wildman–Crippen LogP) is 2.22. The standard InChI is InChI=1S/C11H22F3NO2/c1-4-15-10(9(2)5-6-16-3)7-17-8-11(12,13)14/h9-10,15H,4-8H2,1-3H3. The van der Waals surface area contributed by atoms with Gasteiger partial charge in [-0.2, -0.15) is 13.2 Å². The van der Waals surface area contributed by atoms with Gasteiger partial charge >= 0.3 is 6.18 Å². The first-order valence-electron chi connectivity index (χ1n) is 5.77. The Labute approximate surface area is 101 Å². The molecule has 0 amide bonds. The summed E-state index contributed by atoms with van der Waals surface area (Å²) in [6.07, 6.45) is -3.46. The fourth-order valence-electron chi connectivity index (χ4n) is 1.49. The second kappa shape index (κ2) is 8.72. The lowest BCUT2D eigenvalue weighted by molar-refractivity contribution is -0.176. The molecule has 0 radical (unpaired) electrons. The van der Waals surface area contributed by atoms with Crippen LogP contribution in [0.1, 0.15) is 20.3 Å². The van der Waals surface area contributed by atoms with Gasteiger partial charge in [-0.25, -0.2) is 0 Å². The zero-order valence-corrected chi connectivity index (χ0v) is 10.6. The van der Waals surface area contributed by atoms with Crippen molar-refractivity contribution in [3.63, 3.8) is 0 Å². The molecule has 0 rings (SSSR count). The predicted molar refractivity (Wildman–Crippen MR) is 60.0 cm³/mol. The Morgan fingerprint density at radius 2 is 1.94 bits per heavy atom. The lowest BCUT2D eigenvalue weighted by Gasteiger charge is -2.24. The minimum absolute atomic E-state index is 0.0677. The number of methoxy groups -OCH3 is 1. The molecule has 3 nitrogen and oxygen atoms in total. The highest BCUT2D eigenvalue weighted by molar-refractivity contribution is 4.72. The van der Waals surface area contributed by atoms with E-state index in [0.29, 0.717) is 13.2 Å². The molecule has 0 fully saturated rings. The number of hydrogen-bond acceptors (Lipinski definition) is 3. The van der Waals surface area contributed by atoms with Gasteiger partial charge in [-0.05, 0) is 18.9 Å². The molecule has 0 aromatic heterocycles. The molecule has 0 heterocycles. The fraction of sp³-hybridized carbons (Fsp3) is 1.00. The van der Waals surface area contributed by atoms with Crippen molar-refractivity contribution in [2.75, 3.05) is 33.5 Å². The van der Waals surface area contributed by atoms with Crippen LogP contribution in [0.25, 0.3) is 0 Å². The van der Waals surface area contributed by atoms with Crippen LogP contribution in [0.15, 0.2) is 0 Å². The Morgan fingerprint density at radius 3 is 2.41 bits per heavy atom. The molecule has 2 unspecified atom stereocenters. The summed E-state index contributed by atoms with van der Waals surface area (Å²) in [5.74, 6) is 0.211. The maximum Gasteiger partial charge on any atom is 0.411 e. The molecule has 17 heavy (non-hydrogen) atoms. The minimum atomic E-state index is -4.26. The van der Waals surface area contributed by atoms with Crippen molar-refractivity contribution >= 4 is 0 Å². The van der Waals surface area contributed by atoms with Gasteiger partial charge in [0.2, 0.25) is 0 Å². The van der Waals surface area contributed by atoms with Gasteiger partial charge < -0.3 is 14.8 Å². The number of alkyl halides is 3. The first-order valence-corrected chi connectivity index (χ1v) is 5.77. The zero-order chi connectivity index (χ0) is 13.3. The van der Waals surface area contributed by atoms with Crippen LogP contribution in [0.3, 0.4) is 0 Å². The summed E-state index contributed by atoms with van der Waals surface area (Å²) in [4.78, 5) is 0. The molecule has 0 bridgehead atoms. The molecule has 1 N–H and O–H groups in total. The Hall–Kier alpha value is -0.330. The minimum Gasteiger partial charge on any atom is -0.385 e. The highest BCUT2D eigenvalue weighted by Crippen LogP contribution is 2.16. The van der Waals surface area contributed by atoms with Crippen LogP contribution in [-0.4, -0.2) is 45.7 Å². The summed E-state index contributed by atoms with van der Waals surface area (Å²) in [5, 5.41) is 3.13. The second-order valence-corrected chi connectivity index (χ2v) is 4.05. The number of hydrogen-bond donors (Lipinski definition) is 1. The van der Waals surface area contributed by atoms with Crippen molar-refractivity contribution < 1.29 is 22.6 Å². The van der Waals surface area contributed by atoms with Gasteiger partial charge in [-0.1, -0.05) is 13.8 Å². The number of halogens is 3. The van der Waals surface area contributed by atoms with Gasteiger partial charge in [0.15, 0.2) is 0 Å². The van der Waals surface area contributed by atoms with Crippen LogP contribution in [0.5, 0.6) is 0 Å². The third-order valence-corrected chi connectivity index (χ3v) is 2.49. The van der Waals surface area contributed by atoms with E-state index in [9.17, 15) is 13.2 Å². The van der Waals surface area contributed by atoms with E-state index in [4.69, 9.17) is 4.74 Å². The van der Waals surface area contributed by atoms with Crippen molar-refractivity contribution in [2.24, 2.45) is 5.92 Å². The molecule has 2 atom stereocenters. The number of likely N-dealkylation sites (N-methyl/N-ethyl adjacent to an activating group) is 1. The SMILES string of the molecule is CCNC(COCC(F)(F)F)C(C)CCOC. The molecule has 6 heteroatoms. The monoisotopic (exact) mass is 257 g/mol. The van der Waals surface area contributed by atoms with E-state index in [1.165, 1.54) is 0 Å². The van der Waals surface area contributed by atoms with Crippen molar-refractivity contribution in [3.8, 4) is 0 Å². The molecule has 0 aliphatic rings. The first kappa shape index (κ1) is 16.7. The lowest BCUT2D eigenvalue weighted by atomic mass is 9.99. The highest BCUT2D eigenvalue weighted by Gasteiger charge is 2.28. The molecule has 104 valence electrons. The zero-order valence-electron chi connectivity index (χ0n) is 10.6. The molecule has 0 spiro atoms. The third-order valence-electron chi connectivity index (χ3n) is 2.49. The molecule has 0 aromatic carbocycles. The summed E-state index contributed by atoms with van der Waals surface area (Å²) in [5.41, 5.74) is 0. The topological polar surface area (TPSA) is 30.5 Å². The van der Waals surface area contributed by atoms with Gasteiger partial charge in [0.1, 0.15) is 6.61 Å². The van der Waals surface area contributed by atoms with Crippen molar-refractivity contribution in [1.82, 2.24) is 5.32 Å². The Balaban J connectivity index is 3.96. The van der Waals surface area contributed by atoms with Crippen molar-refractivity contribution in [2.45, 2.75) is 32.5 Å². The Morgan fingerprint density at radius 1 is 1.29 bits per heavy atom. The summed E-state index contributed by atoms with van der Waals surface area (Å²) in [7, 11) is 1.61. The van der Waals surface area contributed by atoms with E-state index >= 15 is 0 Å². The van der Waals surface area contributed by atoms with Gasteiger partial charge in [0, 0.05) is 19.8 Å². The molecule has 0 aromatic rings. The normalized spacial score (nSPS) is 15.9. The van der Waals surface area contributed by atoms with Gasteiger partial charge in [0.25, 0.3) is 0 Å². The van der Waals surface area contributed by atoms with Crippen LogP contribution >= 0.6 is 0 Å². The quantitative estimate of drug-likeness (QED) is 0.687. The van der Waals surface area contributed by atoms with Gasteiger partial charge in [-0.15, -0.1) is 0 Å². The van der Waals surface area contributed by atoms with E-state index in [1.54, 1.807) is 7.11 Å². The van der Waals surface area contributed by atoms with Crippen molar-refractivity contribution in [3.05, 3.63) is 0 Å². The lowest BCUT2D eigenvalue weighted by Crippen LogP contribution is -2.40. The molecular weight excluding hydrogens is 235 g/mol.